The zero-order valence-electron chi connectivity index (χ0n) is 14.1. The lowest BCUT2D eigenvalue weighted by molar-refractivity contribution is 0.449. The number of rotatable bonds is 12. The van der Waals surface area contributed by atoms with E-state index in [-0.39, 0.29) is 11.5 Å². The van der Waals surface area contributed by atoms with Gasteiger partial charge in [-0.25, -0.2) is 0 Å². The molecular weight excluding hydrogens is 284 g/mol. The number of unbranched alkanes of at least 4 members (excludes halogenated alkanes) is 5. The Labute approximate surface area is 140 Å². The van der Waals surface area contributed by atoms with E-state index in [0.717, 1.165) is 37.7 Å². The summed E-state index contributed by atoms with van der Waals surface area (Å²) in [5.74, 6) is 0.289. The van der Waals surface area contributed by atoms with Crippen LogP contribution in [0.25, 0.3) is 0 Å². The topological polar surface area (TPSA) is 40.5 Å². The van der Waals surface area contributed by atoms with E-state index in [9.17, 15) is 10.2 Å². The molecule has 2 N–H and O–H groups in total. The van der Waals surface area contributed by atoms with E-state index < -0.39 is 0 Å². The molecule has 0 amide bonds. The number of phenolic OH excluding ortho intramolecular Hbond substituents is 2. The first kappa shape index (κ1) is 19.1. The number of benzene rings is 1. The zero-order chi connectivity index (χ0) is 16.8. The van der Waals surface area contributed by atoms with E-state index in [1.54, 1.807) is 12.1 Å². The molecule has 0 aliphatic carbocycles. The van der Waals surface area contributed by atoms with Crippen LogP contribution in [0.15, 0.2) is 55.2 Å². The van der Waals surface area contributed by atoms with Gasteiger partial charge >= 0.3 is 0 Å². The Kier molecular flexibility index (Phi) is 10.4. The fraction of sp³-hybridized carbons (Fsp3) is 0.429. The predicted octanol–water partition coefficient (Wildman–Crippen LogP) is 6.06. The zero-order valence-corrected chi connectivity index (χ0v) is 14.1. The van der Waals surface area contributed by atoms with Gasteiger partial charge in [-0.1, -0.05) is 49.6 Å². The summed E-state index contributed by atoms with van der Waals surface area (Å²) < 4.78 is 0. The minimum Gasteiger partial charge on any atom is -0.508 e. The van der Waals surface area contributed by atoms with Crippen LogP contribution in [0.2, 0.25) is 0 Å². The van der Waals surface area contributed by atoms with Gasteiger partial charge in [0.05, 0.1) is 0 Å². The van der Waals surface area contributed by atoms with Gasteiger partial charge < -0.3 is 10.2 Å². The van der Waals surface area contributed by atoms with Gasteiger partial charge in [0.1, 0.15) is 11.5 Å². The number of hydrogen-bond donors (Lipinski definition) is 2. The van der Waals surface area contributed by atoms with Crippen LogP contribution < -0.4 is 0 Å². The largest absolute Gasteiger partial charge is 0.508 e. The van der Waals surface area contributed by atoms with E-state index in [4.69, 9.17) is 0 Å². The van der Waals surface area contributed by atoms with Crippen LogP contribution in [0.4, 0.5) is 0 Å². The van der Waals surface area contributed by atoms with Crippen LogP contribution in [0.1, 0.15) is 56.9 Å². The summed E-state index contributed by atoms with van der Waals surface area (Å²) >= 11 is 0. The van der Waals surface area contributed by atoms with Crippen molar-refractivity contribution in [3.05, 3.63) is 60.7 Å². The molecule has 0 spiro atoms. The Morgan fingerprint density at radius 2 is 1.35 bits per heavy atom. The first-order chi connectivity index (χ1) is 11.2. The Morgan fingerprint density at radius 1 is 0.739 bits per heavy atom. The Hall–Kier alpha value is -1.96. The highest BCUT2D eigenvalue weighted by Gasteiger charge is 1.99. The Balaban J connectivity index is 1.97. The SMILES string of the molecule is C=CC/C=C/C/C=C/CCCCCCCc1cc(O)cc(O)c1. The maximum Gasteiger partial charge on any atom is 0.119 e. The Morgan fingerprint density at radius 3 is 2.09 bits per heavy atom. The molecule has 1 aromatic carbocycles. The fourth-order valence-electron chi connectivity index (χ4n) is 2.50. The highest BCUT2D eigenvalue weighted by molar-refractivity contribution is 5.36. The molecule has 0 saturated heterocycles. The fourth-order valence-corrected chi connectivity index (χ4v) is 2.50. The number of aromatic hydroxyl groups is 2. The molecule has 0 saturated carbocycles. The second-order valence-electron chi connectivity index (χ2n) is 5.87. The second kappa shape index (κ2) is 12.6. The molecule has 0 aliphatic heterocycles. The summed E-state index contributed by atoms with van der Waals surface area (Å²) in [6.45, 7) is 3.68. The van der Waals surface area contributed by atoms with Gasteiger partial charge in [-0.2, -0.15) is 0 Å². The summed E-state index contributed by atoms with van der Waals surface area (Å²) in [7, 11) is 0. The molecule has 0 atom stereocenters. The van der Waals surface area contributed by atoms with E-state index in [1.807, 2.05) is 6.08 Å². The van der Waals surface area contributed by atoms with Crippen molar-refractivity contribution < 1.29 is 10.2 Å². The van der Waals surface area contributed by atoms with Gasteiger partial charge in [0.15, 0.2) is 0 Å². The lowest BCUT2D eigenvalue weighted by atomic mass is 10.0. The quantitative estimate of drug-likeness (QED) is 0.363. The second-order valence-corrected chi connectivity index (χ2v) is 5.87. The van der Waals surface area contributed by atoms with Crippen LogP contribution >= 0.6 is 0 Å². The summed E-state index contributed by atoms with van der Waals surface area (Å²) in [6.07, 6.45) is 20.8. The van der Waals surface area contributed by atoms with Crippen molar-refractivity contribution in [1.29, 1.82) is 0 Å². The van der Waals surface area contributed by atoms with Crippen molar-refractivity contribution in [1.82, 2.24) is 0 Å². The van der Waals surface area contributed by atoms with Gasteiger partial charge in [-0.15, -0.1) is 6.58 Å². The van der Waals surface area contributed by atoms with E-state index >= 15 is 0 Å². The van der Waals surface area contributed by atoms with Crippen LogP contribution in [-0.4, -0.2) is 10.2 Å². The van der Waals surface area contributed by atoms with E-state index in [0.29, 0.717) is 0 Å². The molecule has 2 nitrogen and oxygen atoms in total. The van der Waals surface area contributed by atoms with Crippen molar-refractivity contribution in [2.24, 2.45) is 0 Å². The van der Waals surface area contributed by atoms with Gasteiger partial charge in [0.2, 0.25) is 0 Å². The van der Waals surface area contributed by atoms with E-state index in [1.165, 1.54) is 31.7 Å². The van der Waals surface area contributed by atoms with Crippen molar-refractivity contribution in [3.63, 3.8) is 0 Å². The van der Waals surface area contributed by atoms with Crippen molar-refractivity contribution in [2.75, 3.05) is 0 Å². The van der Waals surface area contributed by atoms with Gasteiger partial charge in [-0.3, -0.25) is 0 Å². The van der Waals surface area contributed by atoms with Crippen molar-refractivity contribution in [3.8, 4) is 11.5 Å². The summed E-state index contributed by atoms with van der Waals surface area (Å²) in [4.78, 5) is 0. The van der Waals surface area contributed by atoms with Crippen LogP contribution in [-0.2, 0) is 6.42 Å². The summed E-state index contributed by atoms with van der Waals surface area (Å²) in [5, 5.41) is 18.8. The number of hydrogen-bond acceptors (Lipinski definition) is 2. The van der Waals surface area contributed by atoms with Crippen LogP contribution in [0, 0.1) is 0 Å². The van der Waals surface area contributed by atoms with E-state index in [2.05, 4.69) is 30.9 Å². The molecule has 23 heavy (non-hydrogen) atoms. The average molecular weight is 314 g/mol. The molecule has 0 heterocycles. The van der Waals surface area contributed by atoms with Crippen molar-refractivity contribution in [2.45, 2.75) is 57.8 Å². The third-order valence-electron chi connectivity index (χ3n) is 3.71. The minimum absolute atomic E-state index is 0.145. The highest BCUT2D eigenvalue weighted by Crippen LogP contribution is 2.22. The molecule has 1 rings (SSSR count). The highest BCUT2D eigenvalue weighted by atomic mass is 16.3. The molecule has 1 aromatic rings. The smallest absolute Gasteiger partial charge is 0.119 e. The van der Waals surface area contributed by atoms with Crippen molar-refractivity contribution >= 4 is 0 Å². The number of aryl methyl sites for hydroxylation is 1. The first-order valence-electron chi connectivity index (χ1n) is 8.65. The minimum atomic E-state index is 0.145. The molecule has 0 fully saturated rings. The average Bonchev–Trinajstić information content (AvgIpc) is 2.51. The van der Waals surface area contributed by atoms with Gasteiger partial charge in [-0.05, 0) is 56.2 Å². The normalized spacial score (nSPS) is 11.5. The molecule has 0 bridgehead atoms. The number of allylic oxidation sites excluding steroid dienone is 5. The molecule has 0 aromatic heterocycles. The monoisotopic (exact) mass is 314 g/mol. The van der Waals surface area contributed by atoms with Crippen LogP contribution in [0.3, 0.4) is 0 Å². The number of phenols is 2. The molecular formula is C21H30O2. The molecule has 0 unspecified atom stereocenters. The maximum atomic E-state index is 9.42. The predicted molar refractivity (Wildman–Crippen MR) is 98.9 cm³/mol. The molecule has 0 aliphatic rings. The van der Waals surface area contributed by atoms with Gasteiger partial charge in [0.25, 0.3) is 0 Å². The molecule has 0 radical (unpaired) electrons. The van der Waals surface area contributed by atoms with Gasteiger partial charge in [0, 0.05) is 6.07 Å². The summed E-state index contributed by atoms with van der Waals surface area (Å²) in [5.41, 5.74) is 1.01. The Bertz CT molecular complexity index is 480. The molecule has 126 valence electrons. The third kappa shape index (κ3) is 10.4. The lowest BCUT2D eigenvalue weighted by Gasteiger charge is -2.04. The molecule has 2 heteroatoms. The van der Waals surface area contributed by atoms with Crippen LogP contribution in [0.5, 0.6) is 11.5 Å². The first-order valence-corrected chi connectivity index (χ1v) is 8.65. The third-order valence-corrected chi connectivity index (χ3v) is 3.71. The summed E-state index contributed by atoms with van der Waals surface area (Å²) in [6, 6.07) is 4.83. The standard InChI is InChI=1S/C21H30O2/c1-2-3-4-5-6-7-8-9-10-11-12-13-14-15-19-16-20(22)18-21(23)17-19/h2,4-5,7-8,16-18,22-23H,1,3,6,9-15H2/b5-4+,8-7+. The lowest BCUT2D eigenvalue weighted by Crippen LogP contribution is -1.86. The maximum absolute atomic E-state index is 9.42.